The zero-order valence-corrected chi connectivity index (χ0v) is 11.0. The van der Waals surface area contributed by atoms with Crippen LogP contribution in [-0.4, -0.2) is 39.0 Å². The Morgan fingerprint density at radius 1 is 1.24 bits per heavy atom. The van der Waals surface area contributed by atoms with Gasteiger partial charge in [-0.1, -0.05) is 6.92 Å². The summed E-state index contributed by atoms with van der Waals surface area (Å²) in [7, 11) is -3.72. The molecule has 0 aliphatic carbocycles. The van der Waals surface area contributed by atoms with Crippen molar-refractivity contribution in [2.75, 3.05) is 13.1 Å². The van der Waals surface area contributed by atoms with Crippen molar-refractivity contribution in [1.82, 2.24) is 10.0 Å². The van der Waals surface area contributed by atoms with Crippen molar-refractivity contribution in [3.05, 3.63) is 0 Å². The molecule has 0 aromatic carbocycles. The molecule has 2 atom stereocenters. The molecule has 0 radical (unpaired) electrons. The van der Waals surface area contributed by atoms with Crippen molar-refractivity contribution < 1.29 is 21.6 Å². The fourth-order valence-corrected chi connectivity index (χ4v) is 2.46. The molecule has 104 valence electrons. The minimum atomic E-state index is -4.37. The first-order valence-electron chi connectivity index (χ1n) is 5.37. The molecule has 2 N–H and O–H groups in total. The number of nitrogens with one attached hydrogen (secondary N) is 2. The third-order valence-electron chi connectivity index (χ3n) is 2.11. The van der Waals surface area contributed by atoms with E-state index in [4.69, 9.17) is 0 Å². The Balaban J connectivity index is 4.34. The van der Waals surface area contributed by atoms with E-state index in [1.807, 2.05) is 11.6 Å². The monoisotopic (exact) mass is 276 g/mol. The van der Waals surface area contributed by atoms with Crippen LogP contribution in [0.2, 0.25) is 0 Å². The summed E-state index contributed by atoms with van der Waals surface area (Å²) in [5.41, 5.74) is 0. The second-order valence-electron chi connectivity index (χ2n) is 4.00. The average Bonchev–Trinajstić information content (AvgIpc) is 2.09. The summed E-state index contributed by atoms with van der Waals surface area (Å²) in [4.78, 5) is 0. The van der Waals surface area contributed by atoms with Gasteiger partial charge in [0.25, 0.3) is 0 Å². The van der Waals surface area contributed by atoms with E-state index < -0.39 is 33.9 Å². The summed E-state index contributed by atoms with van der Waals surface area (Å²) in [6.07, 6.45) is -5.53. The summed E-state index contributed by atoms with van der Waals surface area (Å²) in [6, 6.07) is -1.15. The molecule has 0 aromatic heterocycles. The van der Waals surface area contributed by atoms with Gasteiger partial charge in [0, 0.05) is 12.6 Å². The van der Waals surface area contributed by atoms with E-state index in [9.17, 15) is 21.6 Å². The predicted octanol–water partition coefficient (Wildman–Crippen LogP) is 1.24. The van der Waals surface area contributed by atoms with Crippen LogP contribution >= 0.6 is 0 Å². The van der Waals surface area contributed by atoms with E-state index in [0.29, 0.717) is 6.54 Å². The van der Waals surface area contributed by atoms with Gasteiger partial charge in [-0.05, 0) is 20.4 Å². The van der Waals surface area contributed by atoms with Crippen LogP contribution in [0.5, 0.6) is 0 Å². The molecule has 0 amide bonds. The molecule has 0 spiro atoms. The maximum Gasteiger partial charge on any atom is 0.390 e. The highest BCUT2D eigenvalue weighted by molar-refractivity contribution is 7.90. The molecule has 0 saturated carbocycles. The van der Waals surface area contributed by atoms with Crippen LogP contribution in [0.1, 0.15) is 27.2 Å². The Kier molecular flexibility index (Phi) is 6.42. The lowest BCUT2D eigenvalue weighted by atomic mass is 10.2. The summed E-state index contributed by atoms with van der Waals surface area (Å²) >= 11 is 0. The molecule has 0 fully saturated rings. The molecule has 0 bridgehead atoms. The van der Waals surface area contributed by atoms with Crippen molar-refractivity contribution in [1.29, 1.82) is 0 Å². The molecular formula is C9H19F3N2O2S. The fourth-order valence-electron chi connectivity index (χ4n) is 1.24. The highest BCUT2D eigenvalue weighted by atomic mass is 32.2. The van der Waals surface area contributed by atoms with Gasteiger partial charge < -0.3 is 5.32 Å². The normalized spacial score (nSPS) is 16.8. The van der Waals surface area contributed by atoms with E-state index >= 15 is 0 Å². The Bertz CT molecular complexity index is 317. The van der Waals surface area contributed by atoms with Crippen molar-refractivity contribution in [3.8, 4) is 0 Å². The zero-order chi connectivity index (χ0) is 13.7. The largest absolute Gasteiger partial charge is 0.390 e. The van der Waals surface area contributed by atoms with Gasteiger partial charge in [0.1, 0.15) is 0 Å². The van der Waals surface area contributed by atoms with Crippen molar-refractivity contribution in [2.45, 2.75) is 44.7 Å². The first-order chi connectivity index (χ1) is 7.58. The Morgan fingerprint density at radius 3 is 2.18 bits per heavy atom. The SMILES string of the molecule is CCNCC(C)S(=O)(=O)NC(C)CC(F)(F)F. The van der Waals surface area contributed by atoms with Gasteiger partial charge in [-0.2, -0.15) is 13.2 Å². The second kappa shape index (κ2) is 6.55. The van der Waals surface area contributed by atoms with Crippen molar-refractivity contribution >= 4 is 10.0 Å². The minimum Gasteiger partial charge on any atom is -0.316 e. The lowest BCUT2D eigenvalue weighted by Crippen LogP contribution is -2.43. The van der Waals surface area contributed by atoms with Gasteiger partial charge in [0.2, 0.25) is 10.0 Å². The highest BCUT2D eigenvalue weighted by Gasteiger charge is 2.32. The first kappa shape index (κ1) is 16.7. The summed E-state index contributed by atoms with van der Waals surface area (Å²) in [6.45, 7) is 5.29. The van der Waals surface area contributed by atoms with Gasteiger partial charge in [-0.3, -0.25) is 0 Å². The topological polar surface area (TPSA) is 58.2 Å². The third-order valence-corrected chi connectivity index (χ3v) is 4.07. The molecule has 4 nitrogen and oxygen atoms in total. The molecular weight excluding hydrogens is 257 g/mol. The van der Waals surface area contributed by atoms with E-state index in [1.54, 1.807) is 0 Å². The average molecular weight is 276 g/mol. The Morgan fingerprint density at radius 2 is 1.76 bits per heavy atom. The van der Waals surface area contributed by atoms with Gasteiger partial charge in [-0.25, -0.2) is 13.1 Å². The number of rotatable bonds is 7. The van der Waals surface area contributed by atoms with E-state index in [-0.39, 0.29) is 6.54 Å². The maximum absolute atomic E-state index is 12.0. The van der Waals surface area contributed by atoms with Gasteiger partial charge in [0.15, 0.2) is 0 Å². The molecule has 2 unspecified atom stereocenters. The first-order valence-corrected chi connectivity index (χ1v) is 6.91. The molecule has 0 rings (SSSR count). The van der Waals surface area contributed by atoms with Gasteiger partial charge in [-0.15, -0.1) is 0 Å². The smallest absolute Gasteiger partial charge is 0.316 e. The number of alkyl halides is 3. The van der Waals surface area contributed by atoms with Crippen molar-refractivity contribution in [3.63, 3.8) is 0 Å². The quantitative estimate of drug-likeness (QED) is 0.735. The van der Waals surface area contributed by atoms with E-state index in [0.717, 1.165) is 0 Å². The second-order valence-corrected chi connectivity index (χ2v) is 6.13. The van der Waals surface area contributed by atoms with Crippen LogP contribution in [0.15, 0.2) is 0 Å². The molecule has 8 heteroatoms. The number of halogens is 3. The maximum atomic E-state index is 12.0. The third kappa shape index (κ3) is 7.56. The van der Waals surface area contributed by atoms with Crippen LogP contribution in [0.25, 0.3) is 0 Å². The molecule has 17 heavy (non-hydrogen) atoms. The van der Waals surface area contributed by atoms with Crippen LogP contribution in [0, 0.1) is 0 Å². The standard InChI is InChI=1S/C9H19F3N2O2S/c1-4-13-6-8(3)17(15,16)14-7(2)5-9(10,11)12/h7-8,13-14H,4-6H2,1-3H3. The Hall–Kier alpha value is -0.340. The lowest BCUT2D eigenvalue weighted by molar-refractivity contribution is -0.137. The fraction of sp³-hybridized carbons (Fsp3) is 1.00. The zero-order valence-electron chi connectivity index (χ0n) is 10.1. The molecule has 0 aliphatic rings. The number of hydrogen-bond acceptors (Lipinski definition) is 3. The minimum absolute atomic E-state index is 0.213. The summed E-state index contributed by atoms with van der Waals surface area (Å²) in [5.74, 6) is 0. The van der Waals surface area contributed by atoms with Gasteiger partial charge >= 0.3 is 6.18 Å². The molecule has 0 aliphatic heterocycles. The summed E-state index contributed by atoms with van der Waals surface area (Å²) in [5, 5.41) is 2.07. The van der Waals surface area contributed by atoms with Gasteiger partial charge in [0.05, 0.1) is 11.7 Å². The molecule has 0 aromatic rings. The van der Waals surface area contributed by atoms with Crippen LogP contribution < -0.4 is 10.0 Å². The lowest BCUT2D eigenvalue weighted by Gasteiger charge is -2.19. The van der Waals surface area contributed by atoms with Crippen LogP contribution in [0.4, 0.5) is 13.2 Å². The highest BCUT2D eigenvalue weighted by Crippen LogP contribution is 2.21. The van der Waals surface area contributed by atoms with E-state index in [2.05, 4.69) is 5.32 Å². The van der Waals surface area contributed by atoms with Crippen LogP contribution in [0.3, 0.4) is 0 Å². The Labute approximate surface area is 100 Å². The van der Waals surface area contributed by atoms with E-state index in [1.165, 1.54) is 13.8 Å². The predicted molar refractivity (Wildman–Crippen MR) is 60.2 cm³/mol. The van der Waals surface area contributed by atoms with Crippen molar-refractivity contribution in [2.24, 2.45) is 0 Å². The molecule has 0 saturated heterocycles. The number of hydrogen-bond donors (Lipinski definition) is 2. The van der Waals surface area contributed by atoms with Crippen LogP contribution in [-0.2, 0) is 10.0 Å². The molecule has 0 heterocycles. The summed E-state index contributed by atoms with van der Waals surface area (Å²) < 4.78 is 61.4. The number of sulfonamides is 1.